The first-order valence-corrected chi connectivity index (χ1v) is 8.43. The van der Waals surface area contributed by atoms with Gasteiger partial charge in [0.15, 0.2) is 9.84 Å². The van der Waals surface area contributed by atoms with Crippen molar-refractivity contribution in [3.05, 3.63) is 28.2 Å². The van der Waals surface area contributed by atoms with Crippen molar-refractivity contribution >= 4 is 31.5 Å². The molecule has 0 aromatic heterocycles. The molecule has 1 aromatic carbocycles. The molecule has 18 heavy (non-hydrogen) atoms. The molecule has 1 aromatic rings. The van der Waals surface area contributed by atoms with Gasteiger partial charge in [0.1, 0.15) is 0 Å². The van der Waals surface area contributed by atoms with Crippen LogP contribution in [-0.4, -0.2) is 38.1 Å². The second-order valence-corrected chi connectivity index (χ2v) is 7.68. The van der Waals surface area contributed by atoms with E-state index in [0.717, 1.165) is 15.7 Å². The Kier molecular flexibility index (Phi) is 3.99. The van der Waals surface area contributed by atoms with E-state index in [2.05, 4.69) is 20.8 Å². The predicted molar refractivity (Wildman–Crippen MR) is 75.6 cm³/mol. The molecule has 2 rings (SSSR count). The lowest BCUT2D eigenvalue weighted by Gasteiger charge is -2.29. The van der Waals surface area contributed by atoms with Gasteiger partial charge in [-0.25, -0.2) is 8.42 Å². The Hall–Kier alpha value is -0.590. The molecule has 1 aliphatic heterocycles. The van der Waals surface area contributed by atoms with Crippen molar-refractivity contribution in [3.8, 4) is 0 Å². The van der Waals surface area contributed by atoms with Crippen LogP contribution in [0, 0.1) is 0 Å². The smallest absolute Gasteiger partial charge is 0.153 e. The molecule has 0 radical (unpaired) electrons. The van der Waals surface area contributed by atoms with Crippen LogP contribution >= 0.6 is 15.9 Å². The molecule has 0 amide bonds. The van der Waals surface area contributed by atoms with Gasteiger partial charge in [0, 0.05) is 17.6 Å². The summed E-state index contributed by atoms with van der Waals surface area (Å²) in [6, 6.07) is 5.67. The lowest BCUT2D eigenvalue weighted by Crippen LogP contribution is -2.40. The number of aliphatic hydroxyl groups is 1. The fourth-order valence-corrected chi connectivity index (χ4v) is 3.84. The number of nitrogens with zero attached hydrogens (tertiary/aromatic N) is 1. The third-order valence-electron chi connectivity index (χ3n) is 3.14. The first kappa shape index (κ1) is 13.8. The van der Waals surface area contributed by atoms with Crippen LogP contribution in [0.3, 0.4) is 0 Å². The van der Waals surface area contributed by atoms with Crippen LogP contribution in [0.4, 0.5) is 5.69 Å². The summed E-state index contributed by atoms with van der Waals surface area (Å²) in [4.78, 5) is 2.05. The third kappa shape index (κ3) is 3.05. The molecule has 0 saturated carbocycles. The topological polar surface area (TPSA) is 57.6 Å². The minimum Gasteiger partial charge on any atom is -0.389 e. The first-order chi connectivity index (χ1) is 8.39. The van der Waals surface area contributed by atoms with Gasteiger partial charge in [-0.2, -0.15) is 0 Å². The predicted octanol–water partition coefficient (Wildman–Crippen LogP) is 1.74. The van der Waals surface area contributed by atoms with Gasteiger partial charge in [0.2, 0.25) is 0 Å². The number of hydrogen-bond acceptors (Lipinski definition) is 4. The summed E-state index contributed by atoms with van der Waals surface area (Å²) in [6.07, 6.45) is -0.503. The first-order valence-electron chi connectivity index (χ1n) is 5.82. The molecular weight excluding hydrogens is 318 g/mol. The molecule has 0 unspecified atom stereocenters. The van der Waals surface area contributed by atoms with E-state index in [-0.39, 0.29) is 11.5 Å². The zero-order valence-corrected chi connectivity index (χ0v) is 12.5. The fourth-order valence-electron chi connectivity index (χ4n) is 1.99. The Labute approximate surface area is 116 Å². The van der Waals surface area contributed by atoms with Gasteiger partial charge in [-0.1, -0.05) is 6.07 Å². The van der Waals surface area contributed by atoms with Crippen molar-refractivity contribution in [2.45, 2.75) is 13.0 Å². The van der Waals surface area contributed by atoms with E-state index < -0.39 is 15.9 Å². The fraction of sp³-hybridized carbons (Fsp3) is 0.500. The summed E-state index contributed by atoms with van der Waals surface area (Å²) < 4.78 is 23.7. The molecule has 1 aliphatic rings. The van der Waals surface area contributed by atoms with Crippen LogP contribution in [-0.2, 0) is 9.84 Å². The van der Waals surface area contributed by atoms with Crippen LogP contribution in [0.1, 0.15) is 18.6 Å². The molecule has 4 nitrogen and oxygen atoms in total. The van der Waals surface area contributed by atoms with E-state index in [4.69, 9.17) is 0 Å². The van der Waals surface area contributed by atoms with E-state index in [1.807, 2.05) is 18.2 Å². The quantitative estimate of drug-likeness (QED) is 0.895. The number of aliphatic hydroxyl groups excluding tert-OH is 1. The third-order valence-corrected chi connectivity index (χ3v) is 5.38. The van der Waals surface area contributed by atoms with Gasteiger partial charge in [-0.15, -0.1) is 0 Å². The minimum atomic E-state index is -2.86. The van der Waals surface area contributed by atoms with Crippen LogP contribution in [0.2, 0.25) is 0 Å². The van der Waals surface area contributed by atoms with Crippen LogP contribution < -0.4 is 4.90 Å². The Morgan fingerprint density at radius 2 is 1.94 bits per heavy atom. The Bertz CT molecular complexity index is 528. The number of sulfone groups is 1. The van der Waals surface area contributed by atoms with Crippen molar-refractivity contribution in [1.82, 2.24) is 0 Å². The zero-order valence-electron chi connectivity index (χ0n) is 10.1. The van der Waals surface area contributed by atoms with E-state index in [1.165, 1.54) is 0 Å². The van der Waals surface area contributed by atoms with Gasteiger partial charge in [0.05, 0.1) is 23.3 Å². The van der Waals surface area contributed by atoms with Gasteiger partial charge in [-0.05, 0) is 40.5 Å². The van der Waals surface area contributed by atoms with Gasteiger partial charge in [-0.3, -0.25) is 0 Å². The van der Waals surface area contributed by atoms with E-state index in [0.29, 0.717) is 13.1 Å². The molecule has 6 heteroatoms. The molecular formula is C12H16BrNO3S. The normalized spacial score (nSPS) is 20.7. The highest BCUT2D eigenvalue weighted by atomic mass is 79.9. The van der Waals surface area contributed by atoms with Crippen molar-refractivity contribution in [2.24, 2.45) is 0 Å². The lowest BCUT2D eigenvalue weighted by atomic mass is 10.1. The number of rotatable bonds is 2. The summed E-state index contributed by atoms with van der Waals surface area (Å²) >= 11 is 3.48. The Morgan fingerprint density at radius 1 is 1.33 bits per heavy atom. The molecule has 1 fully saturated rings. The molecule has 1 atom stereocenters. The van der Waals surface area contributed by atoms with Gasteiger partial charge in [0.25, 0.3) is 0 Å². The summed E-state index contributed by atoms with van der Waals surface area (Å²) in [5.41, 5.74) is 1.82. The molecule has 0 aliphatic carbocycles. The van der Waals surface area contributed by atoms with E-state index in [9.17, 15) is 13.5 Å². The number of halogens is 1. The number of hydrogen-bond donors (Lipinski definition) is 1. The average Bonchev–Trinajstić information content (AvgIpc) is 2.29. The summed E-state index contributed by atoms with van der Waals surface area (Å²) in [5.74, 6) is 0.412. The zero-order chi connectivity index (χ0) is 13.3. The van der Waals surface area contributed by atoms with E-state index in [1.54, 1.807) is 6.92 Å². The van der Waals surface area contributed by atoms with E-state index >= 15 is 0 Å². The SMILES string of the molecule is C[C@H](O)c1ccc(N2CCS(=O)(=O)CC2)c(Br)c1. The second-order valence-electron chi connectivity index (χ2n) is 4.53. The maximum atomic E-state index is 11.4. The largest absolute Gasteiger partial charge is 0.389 e. The van der Waals surface area contributed by atoms with Gasteiger partial charge >= 0.3 is 0 Å². The Morgan fingerprint density at radius 3 is 2.44 bits per heavy atom. The van der Waals surface area contributed by atoms with Crippen LogP contribution in [0.15, 0.2) is 22.7 Å². The van der Waals surface area contributed by atoms with Crippen molar-refractivity contribution in [1.29, 1.82) is 0 Å². The lowest BCUT2D eigenvalue weighted by molar-refractivity contribution is 0.199. The highest BCUT2D eigenvalue weighted by molar-refractivity contribution is 9.10. The molecule has 1 heterocycles. The maximum absolute atomic E-state index is 11.4. The summed E-state index contributed by atoms with van der Waals surface area (Å²) in [6.45, 7) is 2.76. The standard InChI is InChI=1S/C12H16BrNO3S/c1-9(15)10-2-3-12(11(13)8-10)14-4-6-18(16,17)7-5-14/h2-3,8-9,15H,4-7H2,1H3/t9-/m0/s1. The summed E-state index contributed by atoms with van der Waals surface area (Å²) in [7, 11) is -2.86. The molecule has 100 valence electrons. The summed E-state index contributed by atoms with van der Waals surface area (Å²) in [5, 5.41) is 9.50. The number of benzene rings is 1. The van der Waals surface area contributed by atoms with Crippen molar-refractivity contribution in [3.63, 3.8) is 0 Å². The van der Waals surface area contributed by atoms with Gasteiger partial charge < -0.3 is 10.0 Å². The van der Waals surface area contributed by atoms with Crippen LogP contribution in [0.25, 0.3) is 0 Å². The molecule has 0 bridgehead atoms. The van der Waals surface area contributed by atoms with Crippen molar-refractivity contribution < 1.29 is 13.5 Å². The monoisotopic (exact) mass is 333 g/mol. The number of anilines is 1. The van der Waals surface area contributed by atoms with Crippen molar-refractivity contribution in [2.75, 3.05) is 29.5 Å². The molecule has 1 N–H and O–H groups in total. The highest BCUT2D eigenvalue weighted by Crippen LogP contribution is 2.30. The Balaban J connectivity index is 2.20. The van der Waals surface area contributed by atoms with Crippen LogP contribution in [0.5, 0.6) is 0 Å². The maximum Gasteiger partial charge on any atom is 0.153 e. The average molecular weight is 334 g/mol. The molecule has 1 saturated heterocycles. The molecule has 0 spiro atoms. The minimum absolute atomic E-state index is 0.206. The highest BCUT2D eigenvalue weighted by Gasteiger charge is 2.23. The second kappa shape index (κ2) is 5.19.